The molecule has 0 saturated carbocycles. The summed E-state index contributed by atoms with van der Waals surface area (Å²) in [4.78, 5) is 18.6. The molecule has 1 aromatic rings. The summed E-state index contributed by atoms with van der Waals surface area (Å²) >= 11 is 0. The van der Waals surface area contributed by atoms with Gasteiger partial charge in [-0.1, -0.05) is 0 Å². The van der Waals surface area contributed by atoms with Crippen LogP contribution in [0.5, 0.6) is 5.88 Å². The first-order valence-electron chi connectivity index (χ1n) is 6.97. The van der Waals surface area contributed by atoms with Crippen LogP contribution in [0.3, 0.4) is 0 Å². The summed E-state index contributed by atoms with van der Waals surface area (Å²) in [7, 11) is 1.52. The fourth-order valence-corrected chi connectivity index (χ4v) is 2.47. The van der Waals surface area contributed by atoms with Gasteiger partial charge in [-0.3, -0.25) is 4.79 Å². The van der Waals surface area contributed by atoms with Crippen LogP contribution in [0, 0.1) is 0 Å². The Hall–Kier alpha value is -1.66. The summed E-state index contributed by atoms with van der Waals surface area (Å²) in [6.07, 6.45) is 3.52. The quantitative estimate of drug-likeness (QED) is 0.806. The van der Waals surface area contributed by atoms with Crippen LogP contribution in [0.4, 0.5) is 0 Å². The molecule has 0 atom stereocenters. The van der Waals surface area contributed by atoms with E-state index in [1.807, 2.05) is 0 Å². The lowest BCUT2D eigenvalue weighted by Crippen LogP contribution is -2.45. The van der Waals surface area contributed by atoms with Gasteiger partial charge < -0.3 is 20.7 Å². The number of pyridine rings is 1. The molecule has 0 aliphatic carbocycles. The summed E-state index contributed by atoms with van der Waals surface area (Å²) < 4.78 is 5.11. The average molecular weight is 278 g/mol. The van der Waals surface area contributed by atoms with Crippen LogP contribution in [-0.4, -0.2) is 55.1 Å². The first-order valence-corrected chi connectivity index (χ1v) is 6.97. The van der Waals surface area contributed by atoms with Crippen LogP contribution in [0.2, 0.25) is 0 Å². The highest BCUT2D eigenvalue weighted by molar-refractivity contribution is 5.96. The zero-order chi connectivity index (χ0) is 14.4. The Bertz CT molecular complexity index is 445. The topological polar surface area (TPSA) is 80.5 Å². The zero-order valence-electron chi connectivity index (χ0n) is 11.8. The summed E-state index contributed by atoms with van der Waals surface area (Å²) in [6, 6.07) is 3.67. The number of ether oxygens (including phenoxy) is 1. The molecule has 0 radical (unpaired) electrons. The average Bonchev–Trinajstić information content (AvgIpc) is 2.49. The Kier molecular flexibility index (Phi) is 5.31. The van der Waals surface area contributed by atoms with Gasteiger partial charge in [-0.25, -0.2) is 4.98 Å². The zero-order valence-corrected chi connectivity index (χ0v) is 11.8. The highest BCUT2D eigenvalue weighted by Crippen LogP contribution is 2.15. The predicted octanol–water partition coefficient (Wildman–Crippen LogP) is 0.243. The number of methoxy groups -OCH3 is 1. The minimum absolute atomic E-state index is 0.118. The summed E-state index contributed by atoms with van der Waals surface area (Å²) in [5, 5.41) is 3.06. The number of rotatable bonds is 5. The molecular formula is C14H22N4O2. The van der Waals surface area contributed by atoms with E-state index in [-0.39, 0.29) is 11.9 Å². The Balaban J connectivity index is 1.89. The first-order chi connectivity index (χ1) is 9.74. The predicted molar refractivity (Wildman–Crippen MR) is 76.8 cm³/mol. The molecule has 1 aliphatic heterocycles. The highest BCUT2D eigenvalue weighted by Gasteiger charge is 2.22. The fourth-order valence-electron chi connectivity index (χ4n) is 2.47. The van der Waals surface area contributed by atoms with Gasteiger partial charge in [0.15, 0.2) is 0 Å². The van der Waals surface area contributed by atoms with E-state index in [2.05, 4.69) is 15.2 Å². The number of nitrogens with one attached hydrogen (secondary N) is 1. The Morgan fingerprint density at radius 1 is 1.55 bits per heavy atom. The third-order valence-corrected chi connectivity index (χ3v) is 3.58. The molecule has 0 aromatic carbocycles. The summed E-state index contributed by atoms with van der Waals surface area (Å²) in [5.41, 5.74) is 6.04. The molecule has 2 rings (SSSR count). The number of carbonyl (C=O) groups excluding carboxylic acids is 1. The SMILES string of the molecule is COc1ncccc1C(=O)NC1CCN(CCN)CC1. The van der Waals surface area contributed by atoms with Crippen molar-refractivity contribution < 1.29 is 9.53 Å². The molecule has 0 spiro atoms. The van der Waals surface area contributed by atoms with Crippen molar-refractivity contribution in [2.75, 3.05) is 33.3 Å². The third kappa shape index (κ3) is 3.68. The van der Waals surface area contributed by atoms with Gasteiger partial charge in [0.1, 0.15) is 5.56 Å². The lowest BCUT2D eigenvalue weighted by Gasteiger charge is -2.32. The van der Waals surface area contributed by atoms with Gasteiger partial charge in [-0.05, 0) is 25.0 Å². The van der Waals surface area contributed by atoms with Crippen LogP contribution in [0.25, 0.3) is 0 Å². The van der Waals surface area contributed by atoms with Crippen LogP contribution >= 0.6 is 0 Å². The highest BCUT2D eigenvalue weighted by atomic mass is 16.5. The van der Waals surface area contributed by atoms with Crippen LogP contribution in [0.1, 0.15) is 23.2 Å². The molecule has 1 fully saturated rings. The number of nitrogens with two attached hydrogens (primary N) is 1. The van der Waals surface area contributed by atoms with Gasteiger partial charge in [0.25, 0.3) is 5.91 Å². The Morgan fingerprint density at radius 2 is 2.30 bits per heavy atom. The molecule has 20 heavy (non-hydrogen) atoms. The molecule has 1 aliphatic rings. The second-order valence-electron chi connectivity index (χ2n) is 4.94. The van der Waals surface area contributed by atoms with Crippen LogP contribution in [0.15, 0.2) is 18.3 Å². The molecule has 0 bridgehead atoms. The van der Waals surface area contributed by atoms with E-state index in [1.165, 1.54) is 7.11 Å². The van der Waals surface area contributed by atoms with Crippen LogP contribution in [-0.2, 0) is 0 Å². The van der Waals surface area contributed by atoms with Crippen molar-refractivity contribution in [2.45, 2.75) is 18.9 Å². The molecule has 6 heteroatoms. The van der Waals surface area contributed by atoms with Gasteiger partial charge in [0, 0.05) is 38.4 Å². The van der Waals surface area contributed by atoms with Crippen molar-refractivity contribution in [1.82, 2.24) is 15.2 Å². The van der Waals surface area contributed by atoms with Crippen LogP contribution < -0.4 is 15.8 Å². The van der Waals surface area contributed by atoms with Crippen molar-refractivity contribution in [2.24, 2.45) is 5.73 Å². The summed E-state index contributed by atoms with van der Waals surface area (Å²) in [5.74, 6) is 0.248. The van der Waals surface area contributed by atoms with Crippen molar-refractivity contribution >= 4 is 5.91 Å². The monoisotopic (exact) mass is 278 g/mol. The lowest BCUT2D eigenvalue weighted by atomic mass is 10.0. The first kappa shape index (κ1) is 14.7. The largest absolute Gasteiger partial charge is 0.480 e. The molecule has 3 N–H and O–H groups in total. The minimum Gasteiger partial charge on any atom is -0.480 e. The number of amides is 1. The number of piperidine rings is 1. The molecule has 2 heterocycles. The number of hydrogen-bond donors (Lipinski definition) is 2. The molecular weight excluding hydrogens is 256 g/mol. The second kappa shape index (κ2) is 7.21. The van der Waals surface area contributed by atoms with Gasteiger partial charge in [0.2, 0.25) is 5.88 Å². The normalized spacial score (nSPS) is 16.9. The molecule has 1 aromatic heterocycles. The standard InChI is InChI=1S/C14H22N4O2/c1-20-14-12(3-2-7-16-14)13(19)17-11-4-8-18(9-5-11)10-6-15/h2-3,7,11H,4-6,8-10,15H2,1H3,(H,17,19). The van der Waals surface area contributed by atoms with Gasteiger partial charge >= 0.3 is 0 Å². The van der Waals surface area contributed by atoms with E-state index >= 15 is 0 Å². The van der Waals surface area contributed by atoms with Crippen molar-refractivity contribution in [3.05, 3.63) is 23.9 Å². The maximum absolute atomic E-state index is 12.2. The Labute approximate surface area is 119 Å². The van der Waals surface area contributed by atoms with E-state index < -0.39 is 0 Å². The van der Waals surface area contributed by atoms with Gasteiger partial charge in [-0.15, -0.1) is 0 Å². The molecule has 1 saturated heterocycles. The van der Waals surface area contributed by atoms with Crippen molar-refractivity contribution in [1.29, 1.82) is 0 Å². The van der Waals surface area contributed by atoms with Crippen molar-refractivity contribution in [3.63, 3.8) is 0 Å². The molecule has 110 valence electrons. The smallest absolute Gasteiger partial charge is 0.256 e. The van der Waals surface area contributed by atoms with Gasteiger partial charge in [-0.2, -0.15) is 0 Å². The second-order valence-corrected chi connectivity index (χ2v) is 4.94. The van der Waals surface area contributed by atoms with E-state index in [0.717, 1.165) is 32.5 Å². The Morgan fingerprint density at radius 3 is 2.95 bits per heavy atom. The summed E-state index contributed by atoms with van der Waals surface area (Å²) in [6.45, 7) is 3.57. The number of aromatic nitrogens is 1. The maximum atomic E-state index is 12.2. The number of carbonyl (C=O) groups is 1. The van der Waals surface area contributed by atoms with E-state index in [4.69, 9.17) is 10.5 Å². The van der Waals surface area contributed by atoms with E-state index in [9.17, 15) is 4.79 Å². The molecule has 6 nitrogen and oxygen atoms in total. The fraction of sp³-hybridized carbons (Fsp3) is 0.571. The lowest BCUT2D eigenvalue weighted by molar-refractivity contribution is 0.0908. The third-order valence-electron chi connectivity index (χ3n) is 3.58. The van der Waals surface area contributed by atoms with E-state index in [0.29, 0.717) is 18.0 Å². The molecule has 1 amide bonds. The number of hydrogen-bond acceptors (Lipinski definition) is 5. The minimum atomic E-state index is -0.118. The number of nitrogens with zero attached hydrogens (tertiary/aromatic N) is 2. The van der Waals surface area contributed by atoms with E-state index in [1.54, 1.807) is 18.3 Å². The molecule has 0 unspecified atom stereocenters. The van der Waals surface area contributed by atoms with Crippen molar-refractivity contribution in [3.8, 4) is 5.88 Å². The van der Waals surface area contributed by atoms with Gasteiger partial charge in [0.05, 0.1) is 7.11 Å². The maximum Gasteiger partial charge on any atom is 0.256 e. The number of likely N-dealkylation sites (tertiary alicyclic amines) is 1.